The van der Waals surface area contributed by atoms with Gasteiger partial charge in [0.1, 0.15) is 5.78 Å². The average molecular weight is 247 g/mol. The molecular weight excluding hydrogens is 226 g/mol. The lowest BCUT2D eigenvalue weighted by Crippen LogP contribution is -2.48. The molecule has 3 heteroatoms. The summed E-state index contributed by atoms with van der Waals surface area (Å²) in [6.07, 6.45) is 1.42. The maximum absolute atomic E-state index is 12.1. The van der Waals surface area contributed by atoms with E-state index in [4.69, 9.17) is 4.74 Å². The molecule has 1 aromatic carbocycles. The number of rotatable bonds is 5. The summed E-state index contributed by atoms with van der Waals surface area (Å²) in [6, 6.07) is 10.3. The first-order chi connectivity index (χ1) is 8.81. The Labute approximate surface area is 109 Å². The van der Waals surface area contributed by atoms with Gasteiger partial charge in [0.2, 0.25) is 0 Å². The molecule has 0 unspecified atom stereocenters. The molecule has 0 N–H and O–H groups in total. The van der Waals surface area contributed by atoms with Crippen LogP contribution in [-0.2, 0) is 16.0 Å². The van der Waals surface area contributed by atoms with E-state index in [2.05, 4.69) is 17.0 Å². The maximum Gasteiger partial charge on any atom is 0.150 e. The summed E-state index contributed by atoms with van der Waals surface area (Å²) in [5.41, 5.74) is 1.23. The molecule has 1 aliphatic heterocycles. The molecule has 3 nitrogen and oxygen atoms in total. The van der Waals surface area contributed by atoms with Gasteiger partial charge in [0.25, 0.3) is 0 Å². The standard InChI is InChI=1S/C15H21NO2/c1-2-15(17)14(16-8-10-18-11-9-16)12-13-6-4-3-5-7-13/h3-7,14H,2,8-12H2,1H3/t14-/m1/s1. The van der Waals surface area contributed by atoms with Crippen LogP contribution in [0.4, 0.5) is 0 Å². The van der Waals surface area contributed by atoms with Gasteiger partial charge >= 0.3 is 0 Å². The highest BCUT2D eigenvalue weighted by Gasteiger charge is 2.26. The maximum atomic E-state index is 12.1. The number of nitrogens with zero attached hydrogens (tertiary/aromatic N) is 1. The Kier molecular flexibility index (Phi) is 4.90. The molecule has 0 saturated carbocycles. The van der Waals surface area contributed by atoms with Crippen LogP contribution in [0.1, 0.15) is 18.9 Å². The summed E-state index contributed by atoms with van der Waals surface area (Å²) < 4.78 is 5.36. The highest BCUT2D eigenvalue weighted by Crippen LogP contribution is 2.13. The molecule has 0 spiro atoms. The second-order valence-electron chi connectivity index (χ2n) is 4.67. The molecule has 1 heterocycles. The van der Waals surface area contributed by atoms with Gasteiger partial charge < -0.3 is 4.74 Å². The molecule has 98 valence electrons. The van der Waals surface area contributed by atoms with Gasteiger partial charge in [-0.1, -0.05) is 37.3 Å². The van der Waals surface area contributed by atoms with Crippen LogP contribution < -0.4 is 0 Å². The Bertz CT molecular complexity index is 371. The van der Waals surface area contributed by atoms with Crippen molar-refractivity contribution < 1.29 is 9.53 Å². The van der Waals surface area contributed by atoms with E-state index in [0.29, 0.717) is 12.2 Å². The van der Waals surface area contributed by atoms with Crippen molar-refractivity contribution in [1.82, 2.24) is 4.90 Å². The van der Waals surface area contributed by atoms with E-state index >= 15 is 0 Å². The summed E-state index contributed by atoms with van der Waals surface area (Å²) in [7, 11) is 0. The van der Waals surface area contributed by atoms with Crippen LogP contribution >= 0.6 is 0 Å². The van der Waals surface area contributed by atoms with Crippen LogP contribution in [0.15, 0.2) is 30.3 Å². The summed E-state index contributed by atoms with van der Waals surface area (Å²) in [5.74, 6) is 0.334. The fraction of sp³-hybridized carbons (Fsp3) is 0.533. The monoisotopic (exact) mass is 247 g/mol. The Morgan fingerprint density at radius 2 is 1.94 bits per heavy atom. The number of carbonyl (C=O) groups excluding carboxylic acids is 1. The van der Waals surface area contributed by atoms with Gasteiger partial charge in [-0.15, -0.1) is 0 Å². The van der Waals surface area contributed by atoms with Gasteiger partial charge in [0.15, 0.2) is 0 Å². The summed E-state index contributed by atoms with van der Waals surface area (Å²) in [5, 5.41) is 0. The predicted molar refractivity (Wildman–Crippen MR) is 71.6 cm³/mol. The number of carbonyl (C=O) groups is 1. The van der Waals surface area contributed by atoms with E-state index < -0.39 is 0 Å². The van der Waals surface area contributed by atoms with Gasteiger partial charge in [0, 0.05) is 19.5 Å². The third kappa shape index (κ3) is 3.40. The van der Waals surface area contributed by atoms with E-state index in [1.165, 1.54) is 5.56 Å². The van der Waals surface area contributed by atoms with Crippen LogP contribution in [-0.4, -0.2) is 43.0 Å². The summed E-state index contributed by atoms with van der Waals surface area (Å²) in [6.45, 7) is 5.15. The Balaban J connectivity index is 2.07. The molecule has 18 heavy (non-hydrogen) atoms. The van der Waals surface area contributed by atoms with Crippen LogP contribution in [0.5, 0.6) is 0 Å². The van der Waals surface area contributed by atoms with E-state index in [-0.39, 0.29) is 6.04 Å². The zero-order valence-electron chi connectivity index (χ0n) is 11.0. The Morgan fingerprint density at radius 3 is 2.56 bits per heavy atom. The number of hydrogen-bond donors (Lipinski definition) is 0. The van der Waals surface area contributed by atoms with Crippen LogP contribution in [0.2, 0.25) is 0 Å². The first kappa shape index (κ1) is 13.2. The van der Waals surface area contributed by atoms with E-state index in [1.807, 2.05) is 25.1 Å². The van der Waals surface area contributed by atoms with Gasteiger partial charge in [-0.05, 0) is 12.0 Å². The molecule has 1 fully saturated rings. The normalized spacial score (nSPS) is 18.5. The topological polar surface area (TPSA) is 29.5 Å². The van der Waals surface area contributed by atoms with Crippen molar-refractivity contribution in [2.24, 2.45) is 0 Å². The zero-order chi connectivity index (χ0) is 12.8. The molecule has 1 saturated heterocycles. The molecule has 2 rings (SSSR count). The summed E-state index contributed by atoms with van der Waals surface area (Å²) >= 11 is 0. The number of benzene rings is 1. The van der Waals surface area contributed by atoms with E-state index in [0.717, 1.165) is 32.7 Å². The predicted octanol–water partition coefficient (Wildman–Crippen LogP) is 1.91. The highest BCUT2D eigenvalue weighted by molar-refractivity contribution is 5.84. The minimum atomic E-state index is 0.0151. The fourth-order valence-electron chi connectivity index (χ4n) is 2.41. The second-order valence-corrected chi connectivity index (χ2v) is 4.67. The first-order valence-corrected chi connectivity index (χ1v) is 6.69. The SMILES string of the molecule is CCC(=O)[C@@H](Cc1ccccc1)N1CCOCC1. The number of ether oxygens (including phenoxy) is 1. The van der Waals surface area contributed by atoms with Gasteiger partial charge in [0.05, 0.1) is 19.3 Å². The lowest BCUT2D eigenvalue weighted by Gasteiger charge is -2.33. The van der Waals surface area contributed by atoms with Crippen molar-refractivity contribution in [2.45, 2.75) is 25.8 Å². The van der Waals surface area contributed by atoms with E-state index in [9.17, 15) is 4.79 Å². The van der Waals surface area contributed by atoms with Gasteiger partial charge in [-0.25, -0.2) is 0 Å². The second kappa shape index (κ2) is 6.66. The highest BCUT2D eigenvalue weighted by atomic mass is 16.5. The molecule has 0 amide bonds. The van der Waals surface area contributed by atoms with Crippen LogP contribution in [0.3, 0.4) is 0 Å². The number of ketones is 1. The molecule has 1 aromatic rings. The van der Waals surface area contributed by atoms with Crippen molar-refractivity contribution >= 4 is 5.78 Å². The van der Waals surface area contributed by atoms with Crippen molar-refractivity contribution in [3.63, 3.8) is 0 Å². The molecule has 0 aromatic heterocycles. The third-order valence-corrected chi connectivity index (χ3v) is 3.48. The average Bonchev–Trinajstić information content (AvgIpc) is 2.46. The van der Waals surface area contributed by atoms with Crippen molar-refractivity contribution in [3.05, 3.63) is 35.9 Å². The summed E-state index contributed by atoms with van der Waals surface area (Å²) in [4.78, 5) is 14.4. The van der Waals surface area contributed by atoms with Crippen LogP contribution in [0.25, 0.3) is 0 Å². The fourth-order valence-corrected chi connectivity index (χ4v) is 2.41. The van der Waals surface area contributed by atoms with Gasteiger partial charge in [-0.3, -0.25) is 9.69 Å². The minimum absolute atomic E-state index is 0.0151. The third-order valence-electron chi connectivity index (χ3n) is 3.48. The smallest absolute Gasteiger partial charge is 0.150 e. The molecule has 0 radical (unpaired) electrons. The molecular formula is C15H21NO2. The molecule has 1 aliphatic rings. The van der Waals surface area contributed by atoms with E-state index in [1.54, 1.807) is 0 Å². The number of Topliss-reactive ketones (excluding diaryl/α,β-unsaturated/α-hetero) is 1. The van der Waals surface area contributed by atoms with Crippen LogP contribution in [0, 0.1) is 0 Å². The Morgan fingerprint density at radius 1 is 1.28 bits per heavy atom. The number of morpholine rings is 1. The molecule has 0 bridgehead atoms. The van der Waals surface area contributed by atoms with Crippen molar-refractivity contribution in [3.8, 4) is 0 Å². The lowest BCUT2D eigenvalue weighted by atomic mass is 9.99. The largest absolute Gasteiger partial charge is 0.379 e. The lowest BCUT2D eigenvalue weighted by molar-refractivity contribution is -0.125. The minimum Gasteiger partial charge on any atom is -0.379 e. The van der Waals surface area contributed by atoms with Crippen molar-refractivity contribution in [2.75, 3.05) is 26.3 Å². The first-order valence-electron chi connectivity index (χ1n) is 6.69. The number of hydrogen-bond acceptors (Lipinski definition) is 3. The zero-order valence-corrected chi connectivity index (χ0v) is 11.0. The molecule has 0 aliphatic carbocycles. The van der Waals surface area contributed by atoms with Gasteiger partial charge in [-0.2, -0.15) is 0 Å². The quantitative estimate of drug-likeness (QED) is 0.796. The van der Waals surface area contributed by atoms with Crippen molar-refractivity contribution in [1.29, 1.82) is 0 Å². The molecule has 1 atom stereocenters. The Hall–Kier alpha value is -1.19.